The van der Waals surface area contributed by atoms with Crippen LogP contribution in [0, 0.1) is 6.92 Å². The molecule has 0 spiro atoms. The summed E-state index contributed by atoms with van der Waals surface area (Å²) in [5.74, 6) is 1.95. The largest absolute Gasteiger partial charge is 0.384 e. The molecule has 1 aromatic rings. The number of unbranched alkanes of at least 4 members (excludes halogenated alkanes) is 1. The van der Waals surface area contributed by atoms with Crippen LogP contribution in [0.25, 0.3) is 0 Å². The van der Waals surface area contributed by atoms with Crippen LogP contribution in [0.15, 0.2) is 12.1 Å². The van der Waals surface area contributed by atoms with Crippen LogP contribution in [0.4, 0.5) is 5.82 Å². The van der Waals surface area contributed by atoms with Gasteiger partial charge < -0.3 is 11.1 Å². The topological polar surface area (TPSA) is 68.0 Å². The van der Waals surface area contributed by atoms with Crippen LogP contribution in [-0.2, 0) is 11.2 Å². The predicted molar refractivity (Wildman–Crippen MR) is 92.4 cm³/mol. The zero-order valence-electron chi connectivity index (χ0n) is 12.4. The maximum Gasteiger partial charge on any atom is 0.221 e. The third-order valence-electron chi connectivity index (χ3n) is 3.36. The van der Waals surface area contributed by atoms with Crippen molar-refractivity contribution < 1.29 is 4.79 Å². The van der Waals surface area contributed by atoms with E-state index in [1.54, 1.807) is 0 Å². The molecule has 0 bridgehead atoms. The van der Waals surface area contributed by atoms with Crippen molar-refractivity contribution in [3.63, 3.8) is 0 Å². The van der Waals surface area contributed by atoms with Crippen LogP contribution >= 0.6 is 21.6 Å². The number of hydrogen-bond donors (Lipinski definition) is 2. The first-order chi connectivity index (χ1) is 10.1. The van der Waals surface area contributed by atoms with E-state index >= 15 is 0 Å². The number of nitrogens with zero attached hydrogens (tertiary/aromatic N) is 1. The van der Waals surface area contributed by atoms with Crippen LogP contribution in [0.3, 0.4) is 0 Å². The maximum atomic E-state index is 11.8. The van der Waals surface area contributed by atoms with Gasteiger partial charge in [-0.05, 0) is 50.3 Å². The van der Waals surface area contributed by atoms with Crippen LogP contribution in [-0.4, -0.2) is 28.4 Å². The third-order valence-corrected chi connectivity index (χ3v) is 6.30. The molecule has 1 aromatic heterocycles. The summed E-state index contributed by atoms with van der Waals surface area (Å²) in [7, 11) is 3.73. The molecular weight excluding hydrogens is 302 g/mol. The molecule has 1 saturated heterocycles. The number of aromatic nitrogens is 1. The number of pyridine rings is 1. The third kappa shape index (κ3) is 6.18. The van der Waals surface area contributed by atoms with Gasteiger partial charge in [0.15, 0.2) is 0 Å². The molecule has 2 rings (SSSR count). The maximum absolute atomic E-state index is 11.8. The van der Waals surface area contributed by atoms with Gasteiger partial charge in [0.1, 0.15) is 5.82 Å². The Bertz CT molecular complexity index is 456. The van der Waals surface area contributed by atoms with Crippen molar-refractivity contribution in [2.45, 2.75) is 44.3 Å². The summed E-state index contributed by atoms with van der Waals surface area (Å²) in [5, 5.41) is 3.52. The van der Waals surface area contributed by atoms with Crippen LogP contribution in [0.1, 0.15) is 36.9 Å². The van der Waals surface area contributed by atoms with Crippen molar-refractivity contribution in [1.82, 2.24) is 10.3 Å². The number of rotatable bonds is 7. The predicted octanol–water partition coefficient (Wildman–Crippen LogP) is 2.95. The second kappa shape index (κ2) is 8.54. The average molecular weight is 326 g/mol. The molecule has 1 fully saturated rings. The second-order valence-corrected chi connectivity index (χ2v) is 8.19. The minimum absolute atomic E-state index is 0.188. The van der Waals surface area contributed by atoms with E-state index in [1.165, 1.54) is 5.75 Å². The van der Waals surface area contributed by atoms with Crippen molar-refractivity contribution in [3.05, 3.63) is 23.4 Å². The summed E-state index contributed by atoms with van der Waals surface area (Å²) in [5.41, 5.74) is 7.93. The molecule has 1 aliphatic heterocycles. The molecule has 0 radical (unpaired) electrons. The number of carbonyl (C=O) groups excluding carboxylic acids is 1. The lowest BCUT2D eigenvalue weighted by atomic mass is 10.1. The molecule has 1 amide bonds. The number of amides is 1. The zero-order chi connectivity index (χ0) is 15.1. The van der Waals surface area contributed by atoms with Crippen molar-refractivity contribution in [1.29, 1.82) is 0 Å². The molecule has 1 unspecified atom stereocenters. The van der Waals surface area contributed by atoms with E-state index in [9.17, 15) is 4.79 Å². The van der Waals surface area contributed by atoms with Crippen molar-refractivity contribution in [2.24, 2.45) is 0 Å². The molecular formula is C15H23N3OS2. The highest BCUT2D eigenvalue weighted by atomic mass is 33.1. The number of nitrogens with two attached hydrogens (primary N) is 1. The Morgan fingerprint density at radius 3 is 3.05 bits per heavy atom. The van der Waals surface area contributed by atoms with E-state index in [0.717, 1.165) is 43.5 Å². The molecule has 0 saturated carbocycles. The van der Waals surface area contributed by atoms with Gasteiger partial charge in [-0.2, -0.15) is 0 Å². The highest BCUT2D eigenvalue weighted by molar-refractivity contribution is 8.77. The molecule has 0 aliphatic carbocycles. The van der Waals surface area contributed by atoms with E-state index in [-0.39, 0.29) is 5.91 Å². The number of carbonyl (C=O) groups is 1. The van der Waals surface area contributed by atoms with Crippen LogP contribution in [0.2, 0.25) is 0 Å². The van der Waals surface area contributed by atoms with Gasteiger partial charge in [0.2, 0.25) is 5.91 Å². The Kier molecular flexibility index (Phi) is 6.70. The monoisotopic (exact) mass is 325 g/mol. The fourth-order valence-corrected chi connectivity index (χ4v) is 5.24. The summed E-state index contributed by atoms with van der Waals surface area (Å²) in [6.07, 6.45) is 4.73. The first-order valence-electron chi connectivity index (χ1n) is 7.41. The molecule has 3 N–H and O–H groups in total. The summed E-state index contributed by atoms with van der Waals surface area (Å²) in [6, 6.07) is 3.95. The fraction of sp³-hybridized carbons (Fsp3) is 0.600. The molecule has 1 aliphatic rings. The molecule has 1 atom stereocenters. The Morgan fingerprint density at radius 2 is 2.33 bits per heavy atom. The highest BCUT2D eigenvalue weighted by Gasteiger charge is 2.19. The zero-order valence-corrected chi connectivity index (χ0v) is 14.1. The fourth-order valence-electron chi connectivity index (χ4n) is 2.34. The van der Waals surface area contributed by atoms with Gasteiger partial charge in [-0.25, -0.2) is 4.98 Å². The number of nitrogen functional groups attached to an aromatic ring is 1. The number of anilines is 1. The molecule has 0 aromatic carbocycles. The number of hydrogen-bond acceptors (Lipinski definition) is 5. The van der Waals surface area contributed by atoms with Crippen molar-refractivity contribution >= 4 is 33.3 Å². The van der Waals surface area contributed by atoms with Crippen molar-refractivity contribution in [2.75, 3.05) is 18.0 Å². The van der Waals surface area contributed by atoms with Gasteiger partial charge in [0.05, 0.1) is 0 Å². The van der Waals surface area contributed by atoms with Gasteiger partial charge in [0, 0.05) is 29.7 Å². The summed E-state index contributed by atoms with van der Waals surface area (Å²) >= 11 is 0. The highest BCUT2D eigenvalue weighted by Crippen LogP contribution is 2.38. The minimum Gasteiger partial charge on any atom is -0.384 e. The van der Waals surface area contributed by atoms with E-state index in [0.29, 0.717) is 17.5 Å². The van der Waals surface area contributed by atoms with E-state index in [4.69, 9.17) is 5.73 Å². The smallest absolute Gasteiger partial charge is 0.221 e. The molecule has 116 valence electrons. The molecule has 2 heterocycles. The van der Waals surface area contributed by atoms with Gasteiger partial charge in [-0.3, -0.25) is 4.79 Å². The van der Waals surface area contributed by atoms with Gasteiger partial charge in [-0.15, -0.1) is 0 Å². The SMILES string of the molecule is Cc1cc(N)nc(CCCCNC(=O)CC2CCSS2)c1. The van der Waals surface area contributed by atoms with E-state index in [2.05, 4.69) is 16.4 Å². The lowest BCUT2D eigenvalue weighted by molar-refractivity contribution is -0.121. The Balaban J connectivity index is 1.58. The van der Waals surface area contributed by atoms with E-state index in [1.807, 2.05) is 34.6 Å². The van der Waals surface area contributed by atoms with Gasteiger partial charge >= 0.3 is 0 Å². The lowest BCUT2D eigenvalue weighted by Gasteiger charge is -2.08. The van der Waals surface area contributed by atoms with Gasteiger partial charge in [0.25, 0.3) is 0 Å². The quantitative estimate of drug-likeness (QED) is 0.596. The summed E-state index contributed by atoms with van der Waals surface area (Å²) < 4.78 is 0. The number of aryl methyl sites for hydroxylation is 2. The summed E-state index contributed by atoms with van der Waals surface area (Å²) in [6.45, 7) is 2.78. The Morgan fingerprint density at radius 1 is 1.48 bits per heavy atom. The molecule has 6 heteroatoms. The Labute approximate surface area is 134 Å². The van der Waals surface area contributed by atoms with E-state index < -0.39 is 0 Å². The normalized spacial score (nSPS) is 17.9. The van der Waals surface area contributed by atoms with Crippen LogP contribution in [0.5, 0.6) is 0 Å². The lowest BCUT2D eigenvalue weighted by Crippen LogP contribution is -2.26. The molecule has 21 heavy (non-hydrogen) atoms. The average Bonchev–Trinajstić information content (AvgIpc) is 2.90. The Hall–Kier alpha value is -0.880. The van der Waals surface area contributed by atoms with Crippen LogP contribution < -0.4 is 11.1 Å². The summed E-state index contributed by atoms with van der Waals surface area (Å²) in [4.78, 5) is 16.1. The minimum atomic E-state index is 0.188. The standard InChI is InChI=1S/C15H23N3OS2/c1-11-8-12(18-14(16)9-11)4-2-3-6-17-15(19)10-13-5-7-20-21-13/h8-9,13H,2-7,10H2,1H3,(H2,16,18)(H,17,19). The number of nitrogens with one attached hydrogen (secondary N) is 1. The first kappa shape index (κ1) is 16.5. The second-order valence-electron chi connectivity index (χ2n) is 5.40. The first-order valence-corrected chi connectivity index (χ1v) is 9.80. The van der Waals surface area contributed by atoms with Gasteiger partial charge in [-0.1, -0.05) is 21.6 Å². The molecule has 4 nitrogen and oxygen atoms in total. The van der Waals surface area contributed by atoms with Crippen molar-refractivity contribution in [3.8, 4) is 0 Å².